The first-order chi connectivity index (χ1) is 12.7. The van der Waals surface area contributed by atoms with Crippen LogP contribution in [-0.4, -0.2) is 74.3 Å². The van der Waals surface area contributed by atoms with Gasteiger partial charge in [-0.1, -0.05) is 29.7 Å². The molecule has 1 N–H and O–H groups in total. The van der Waals surface area contributed by atoms with E-state index in [1.807, 2.05) is 0 Å². The molecule has 1 aromatic carbocycles. The number of amides is 2. The van der Waals surface area contributed by atoms with Crippen molar-refractivity contribution >= 4 is 38.9 Å². The van der Waals surface area contributed by atoms with E-state index in [4.69, 9.17) is 18.0 Å². The largest absolute Gasteiger partial charge is 0.335 e. The maximum absolute atomic E-state index is 12.5. The summed E-state index contributed by atoms with van der Waals surface area (Å²) in [5.41, 5.74) is 0.468. The van der Waals surface area contributed by atoms with E-state index >= 15 is 0 Å². The van der Waals surface area contributed by atoms with Crippen LogP contribution in [0.1, 0.15) is 6.42 Å². The fraction of sp³-hybridized carbons (Fsp3) is 0.444. The molecule has 0 aromatic heterocycles. The number of rotatable bonds is 7. The molecule has 1 aliphatic rings. The molecule has 0 radical (unpaired) electrons. The Morgan fingerprint density at radius 3 is 2.63 bits per heavy atom. The average molecular weight is 412 g/mol. The number of hydrogen-bond acceptors (Lipinski definition) is 5. The van der Waals surface area contributed by atoms with E-state index in [-0.39, 0.29) is 49.0 Å². The van der Waals surface area contributed by atoms with Crippen LogP contribution in [0.15, 0.2) is 24.3 Å². The molecular formula is C18H22ClN3O4S. The van der Waals surface area contributed by atoms with Gasteiger partial charge in [-0.25, -0.2) is 8.42 Å². The van der Waals surface area contributed by atoms with E-state index in [9.17, 15) is 18.0 Å². The number of anilines is 1. The summed E-state index contributed by atoms with van der Waals surface area (Å²) >= 11 is 6.00. The van der Waals surface area contributed by atoms with Crippen molar-refractivity contribution in [2.45, 2.75) is 12.5 Å². The molecule has 0 spiro atoms. The van der Waals surface area contributed by atoms with Crippen molar-refractivity contribution in [3.8, 4) is 12.3 Å². The van der Waals surface area contributed by atoms with Gasteiger partial charge in [0.1, 0.15) is 0 Å². The third-order valence-corrected chi connectivity index (χ3v) is 6.39. The Morgan fingerprint density at radius 2 is 2.04 bits per heavy atom. The molecule has 1 heterocycles. The number of benzene rings is 1. The molecule has 7 nitrogen and oxygen atoms in total. The van der Waals surface area contributed by atoms with Gasteiger partial charge in [-0.15, -0.1) is 6.42 Å². The van der Waals surface area contributed by atoms with E-state index in [0.717, 1.165) is 0 Å². The van der Waals surface area contributed by atoms with Crippen molar-refractivity contribution in [3.05, 3.63) is 29.3 Å². The second-order valence-electron chi connectivity index (χ2n) is 6.44. The van der Waals surface area contributed by atoms with Gasteiger partial charge in [-0.3, -0.25) is 14.5 Å². The van der Waals surface area contributed by atoms with Gasteiger partial charge in [-0.2, -0.15) is 0 Å². The first-order valence-electron chi connectivity index (χ1n) is 8.38. The van der Waals surface area contributed by atoms with Crippen molar-refractivity contribution in [1.82, 2.24) is 9.80 Å². The molecule has 1 aliphatic heterocycles. The van der Waals surface area contributed by atoms with Crippen LogP contribution in [0.2, 0.25) is 5.02 Å². The summed E-state index contributed by atoms with van der Waals surface area (Å²) in [6.07, 6.45) is 5.81. The lowest BCUT2D eigenvalue weighted by atomic mass is 10.2. The molecule has 1 fully saturated rings. The standard InChI is InChI=1S/C18H22ClN3O4S/c1-3-9-22(14-8-10-27(25,26)13-14)12-18(24)21(2)11-17(23)20-16-7-5-4-6-15(16)19/h1,4-7,14H,8-13H2,2H3,(H,20,23). The number of para-hydroxylation sites is 1. The topological polar surface area (TPSA) is 86.8 Å². The second-order valence-corrected chi connectivity index (χ2v) is 9.08. The van der Waals surface area contributed by atoms with Crippen LogP contribution in [0.3, 0.4) is 0 Å². The molecule has 0 aliphatic carbocycles. The van der Waals surface area contributed by atoms with Gasteiger partial charge in [0, 0.05) is 13.1 Å². The van der Waals surface area contributed by atoms with Gasteiger partial charge in [0.25, 0.3) is 0 Å². The van der Waals surface area contributed by atoms with Gasteiger partial charge < -0.3 is 10.2 Å². The normalized spacial score (nSPS) is 18.1. The minimum atomic E-state index is -3.08. The van der Waals surface area contributed by atoms with Crippen molar-refractivity contribution < 1.29 is 18.0 Å². The summed E-state index contributed by atoms with van der Waals surface area (Å²) < 4.78 is 23.4. The summed E-state index contributed by atoms with van der Waals surface area (Å²) in [5, 5.41) is 3.06. The fourth-order valence-corrected chi connectivity index (χ4v) is 4.79. The van der Waals surface area contributed by atoms with Crippen molar-refractivity contribution in [1.29, 1.82) is 0 Å². The number of nitrogens with zero attached hydrogens (tertiary/aromatic N) is 2. The van der Waals surface area contributed by atoms with Crippen LogP contribution in [0.4, 0.5) is 5.69 Å². The van der Waals surface area contributed by atoms with Gasteiger partial charge in [0.05, 0.1) is 41.8 Å². The third kappa shape index (κ3) is 6.24. The molecule has 2 amide bonds. The van der Waals surface area contributed by atoms with Gasteiger partial charge in [0.15, 0.2) is 9.84 Å². The van der Waals surface area contributed by atoms with Crippen LogP contribution in [0.5, 0.6) is 0 Å². The summed E-state index contributed by atoms with van der Waals surface area (Å²) in [6, 6.07) is 6.53. The van der Waals surface area contributed by atoms with E-state index < -0.39 is 9.84 Å². The number of nitrogens with one attached hydrogen (secondary N) is 1. The first-order valence-corrected chi connectivity index (χ1v) is 10.6. The second kappa shape index (κ2) is 9.22. The van der Waals surface area contributed by atoms with Gasteiger partial charge >= 0.3 is 0 Å². The minimum Gasteiger partial charge on any atom is -0.335 e. The van der Waals surface area contributed by atoms with E-state index in [1.54, 1.807) is 29.2 Å². The number of hydrogen-bond donors (Lipinski definition) is 1. The molecule has 1 saturated heterocycles. The van der Waals surface area contributed by atoms with Crippen LogP contribution < -0.4 is 5.32 Å². The third-order valence-electron chi connectivity index (χ3n) is 4.31. The maximum Gasteiger partial charge on any atom is 0.244 e. The molecule has 9 heteroatoms. The minimum absolute atomic E-state index is 0.00132. The van der Waals surface area contributed by atoms with Crippen LogP contribution in [0, 0.1) is 12.3 Å². The SMILES string of the molecule is C#CCN(CC(=O)N(C)CC(=O)Nc1ccccc1Cl)C1CCS(=O)(=O)C1. The number of likely N-dealkylation sites (N-methyl/N-ethyl adjacent to an activating group) is 1. The molecule has 1 aromatic rings. The summed E-state index contributed by atoms with van der Waals surface area (Å²) in [7, 11) is -1.58. The molecule has 2 rings (SSSR count). The smallest absolute Gasteiger partial charge is 0.244 e. The lowest BCUT2D eigenvalue weighted by molar-refractivity contribution is -0.134. The molecular weight excluding hydrogens is 390 g/mol. The summed E-state index contributed by atoms with van der Waals surface area (Å²) in [4.78, 5) is 27.6. The Labute approximate surface area is 164 Å². The Morgan fingerprint density at radius 1 is 1.33 bits per heavy atom. The predicted molar refractivity (Wildman–Crippen MR) is 105 cm³/mol. The maximum atomic E-state index is 12.5. The first kappa shape index (κ1) is 21.2. The van der Waals surface area contributed by atoms with E-state index in [0.29, 0.717) is 17.1 Å². The monoisotopic (exact) mass is 411 g/mol. The Bertz CT molecular complexity index is 850. The van der Waals surface area contributed by atoms with Crippen LogP contribution in [0.25, 0.3) is 0 Å². The Balaban J connectivity index is 1.92. The van der Waals surface area contributed by atoms with Crippen molar-refractivity contribution in [2.75, 3.05) is 43.5 Å². The van der Waals surface area contributed by atoms with Crippen molar-refractivity contribution in [3.63, 3.8) is 0 Å². The lowest BCUT2D eigenvalue weighted by Crippen LogP contribution is -2.46. The molecule has 1 atom stereocenters. The predicted octanol–water partition coefficient (Wildman–Crippen LogP) is 0.859. The highest BCUT2D eigenvalue weighted by Crippen LogP contribution is 2.20. The number of terminal acetylenes is 1. The van der Waals surface area contributed by atoms with Gasteiger partial charge in [-0.05, 0) is 18.6 Å². The van der Waals surface area contributed by atoms with E-state index in [1.165, 1.54) is 11.9 Å². The molecule has 0 bridgehead atoms. The zero-order chi connectivity index (χ0) is 20.0. The number of halogens is 1. The van der Waals surface area contributed by atoms with Crippen LogP contribution in [-0.2, 0) is 19.4 Å². The van der Waals surface area contributed by atoms with Gasteiger partial charge in [0.2, 0.25) is 11.8 Å². The molecule has 1 unspecified atom stereocenters. The highest BCUT2D eigenvalue weighted by Gasteiger charge is 2.33. The number of sulfone groups is 1. The zero-order valence-corrected chi connectivity index (χ0v) is 16.6. The summed E-state index contributed by atoms with van der Waals surface area (Å²) in [5.74, 6) is 1.86. The highest BCUT2D eigenvalue weighted by atomic mass is 35.5. The fourth-order valence-electron chi connectivity index (χ4n) is 2.85. The Hall–Kier alpha value is -2.08. The quantitative estimate of drug-likeness (QED) is 0.672. The molecule has 27 heavy (non-hydrogen) atoms. The molecule has 0 saturated carbocycles. The lowest BCUT2D eigenvalue weighted by Gasteiger charge is -2.27. The highest BCUT2D eigenvalue weighted by molar-refractivity contribution is 7.91. The Kier molecular flexibility index (Phi) is 7.25. The van der Waals surface area contributed by atoms with Crippen LogP contribution >= 0.6 is 11.6 Å². The molecule has 146 valence electrons. The summed E-state index contributed by atoms with van der Waals surface area (Å²) in [6.45, 7) is -0.0250. The average Bonchev–Trinajstić information content (AvgIpc) is 2.96. The number of carbonyl (C=O) groups is 2. The van der Waals surface area contributed by atoms with E-state index in [2.05, 4.69) is 11.2 Å². The number of carbonyl (C=O) groups excluding carboxylic acids is 2. The zero-order valence-electron chi connectivity index (χ0n) is 15.0. The van der Waals surface area contributed by atoms with Crippen molar-refractivity contribution in [2.24, 2.45) is 0 Å².